The average molecular weight is 618 g/mol. The smallest absolute Gasteiger partial charge is 0.355 e. The van der Waals surface area contributed by atoms with Crippen molar-refractivity contribution in [1.82, 2.24) is 5.32 Å². The monoisotopic (exact) mass is 617 g/mol. The van der Waals surface area contributed by atoms with Gasteiger partial charge in [0, 0.05) is 39.5 Å². The Morgan fingerprint density at radius 1 is 0.951 bits per heavy atom. The van der Waals surface area contributed by atoms with E-state index in [1.807, 2.05) is 0 Å². The maximum absolute atomic E-state index is 13.2. The summed E-state index contributed by atoms with van der Waals surface area (Å²) < 4.78 is 32.5. The zero-order valence-corrected chi connectivity index (χ0v) is 24.8. The molecule has 0 radical (unpaired) electrons. The molecule has 1 aromatic carbocycles. The summed E-state index contributed by atoms with van der Waals surface area (Å²) in [5.74, 6) is -4.98. The summed E-state index contributed by atoms with van der Waals surface area (Å²) in [7, 11) is 1.06. The van der Waals surface area contributed by atoms with Gasteiger partial charge in [0.2, 0.25) is 5.91 Å². The predicted octanol–water partition coefficient (Wildman–Crippen LogP) is 1.52. The fraction of sp³-hybridized carbons (Fsp3) is 0.538. The Hall–Kier alpha value is -3.36. The first-order valence-electron chi connectivity index (χ1n) is 12.3. The topological polar surface area (TPSA) is 170 Å². The van der Waals surface area contributed by atoms with Crippen LogP contribution in [0.3, 0.4) is 0 Å². The number of carbonyl (C=O) groups is 6. The number of carbonyl (C=O) groups excluding carboxylic acids is 6. The number of ether oxygens (including phenoxy) is 6. The Kier molecular flexibility index (Phi) is 12.4. The van der Waals surface area contributed by atoms with Crippen molar-refractivity contribution in [1.29, 1.82) is 0 Å². The Morgan fingerprint density at radius 3 is 2.05 bits per heavy atom. The molecule has 1 amide bonds. The highest BCUT2D eigenvalue weighted by atomic mass is 35.5. The van der Waals surface area contributed by atoms with Gasteiger partial charge >= 0.3 is 29.8 Å². The van der Waals surface area contributed by atoms with E-state index in [0.717, 1.165) is 46.6 Å². The van der Waals surface area contributed by atoms with E-state index in [1.165, 1.54) is 6.92 Å². The molecule has 1 aliphatic rings. The minimum absolute atomic E-state index is 0.594. The molecule has 7 atom stereocenters. The van der Waals surface area contributed by atoms with Gasteiger partial charge < -0.3 is 33.7 Å². The van der Waals surface area contributed by atoms with Gasteiger partial charge in [-0.05, 0) is 12.1 Å². The molecule has 226 valence electrons. The summed E-state index contributed by atoms with van der Waals surface area (Å²) in [6.45, 7) is 4.89. The van der Waals surface area contributed by atoms with Crippen LogP contribution in [0.4, 0.5) is 0 Å². The average Bonchev–Trinajstić information content (AvgIpc) is 2.88. The molecule has 2 unspecified atom stereocenters. The summed E-state index contributed by atoms with van der Waals surface area (Å²) in [6, 6.07) is 7.29. The van der Waals surface area contributed by atoms with E-state index in [4.69, 9.17) is 40.0 Å². The van der Waals surface area contributed by atoms with Crippen molar-refractivity contribution in [2.75, 3.05) is 13.7 Å². The highest BCUT2D eigenvalue weighted by Gasteiger charge is 2.63. The van der Waals surface area contributed by atoms with Crippen molar-refractivity contribution < 1.29 is 57.2 Å². The zero-order valence-electron chi connectivity index (χ0n) is 23.2. The third kappa shape index (κ3) is 9.33. The number of rotatable bonds is 11. The fourth-order valence-electron chi connectivity index (χ4n) is 4.17. The summed E-state index contributed by atoms with van der Waals surface area (Å²) in [4.78, 5) is 74.4. The lowest BCUT2D eigenvalue weighted by Crippen LogP contribution is -2.72. The van der Waals surface area contributed by atoms with Crippen molar-refractivity contribution in [3.8, 4) is 0 Å². The van der Waals surface area contributed by atoms with Crippen molar-refractivity contribution in [2.45, 2.75) is 80.3 Å². The maximum Gasteiger partial charge on any atom is 0.355 e. The Bertz CT molecular complexity index is 1130. The number of hydrogen-bond donors (Lipinski definition) is 1. The van der Waals surface area contributed by atoms with Gasteiger partial charge in [-0.15, -0.1) is 11.8 Å². The van der Waals surface area contributed by atoms with Gasteiger partial charge in [-0.3, -0.25) is 24.0 Å². The molecule has 0 aromatic heterocycles. The molecule has 0 spiro atoms. The van der Waals surface area contributed by atoms with Gasteiger partial charge in [0.15, 0.2) is 12.2 Å². The fourth-order valence-corrected chi connectivity index (χ4v) is 5.88. The Balaban J connectivity index is 2.79. The molecular formula is C26H32ClNO12S. The molecule has 1 aromatic rings. The molecule has 15 heteroatoms. The first kappa shape index (κ1) is 33.8. The first-order valence-corrected chi connectivity index (χ1v) is 13.5. The molecule has 1 N–H and O–H groups in total. The second kappa shape index (κ2) is 15.0. The number of esters is 5. The van der Waals surface area contributed by atoms with E-state index in [2.05, 4.69) is 5.32 Å². The summed E-state index contributed by atoms with van der Waals surface area (Å²) in [5.41, 5.74) is 0. The SMILES string of the molecule is COC(=O)[C@@]1(Cl)OC([C@H](OC(C)=O)[C@H](COC(C)=O)OC(C)=O)[C@H](NC(C)=O)[C@@H](OC(C)=O)C1Sc1ccccc1. The van der Waals surface area contributed by atoms with Crippen molar-refractivity contribution in [3.05, 3.63) is 30.3 Å². The van der Waals surface area contributed by atoms with E-state index in [0.29, 0.717) is 4.90 Å². The van der Waals surface area contributed by atoms with Crippen LogP contribution in [0.15, 0.2) is 35.2 Å². The summed E-state index contributed by atoms with van der Waals surface area (Å²) >= 11 is 7.89. The predicted molar refractivity (Wildman–Crippen MR) is 142 cm³/mol. The number of methoxy groups -OCH3 is 1. The number of amides is 1. The third-order valence-electron chi connectivity index (χ3n) is 5.58. The van der Waals surface area contributed by atoms with Crippen LogP contribution in [0.2, 0.25) is 0 Å². The van der Waals surface area contributed by atoms with Gasteiger partial charge in [-0.1, -0.05) is 29.8 Å². The number of nitrogens with one attached hydrogen (secondary N) is 1. The van der Waals surface area contributed by atoms with Crippen LogP contribution in [0.25, 0.3) is 0 Å². The lowest BCUT2D eigenvalue weighted by Gasteiger charge is -2.50. The van der Waals surface area contributed by atoms with Crippen LogP contribution in [0, 0.1) is 0 Å². The van der Waals surface area contributed by atoms with Crippen molar-refractivity contribution >= 4 is 59.1 Å². The van der Waals surface area contributed by atoms with Crippen molar-refractivity contribution in [3.63, 3.8) is 0 Å². The number of hydrogen-bond acceptors (Lipinski definition) is 13. The molecule has 0 bridgehead atoms. The van der Waals surface area contributed by atoms with Crippen LogP contribution in [0.5, 0.6) is 0 Å². The van der Waals surface area contributed by atoms with Gasteiger partial charge in [-0.25, -0.2) is 4.79 Å². The van der Waals surface area contributed by atoms with E-state index in [-0.39, 0.29) is 0 Å². The summed E-state index contributed by atoms with van der Waals surface area (Å²) in [5, 5.41) is -1.03. The molecule has 1 fully saturated rings. The highest BCUT2D eigenvalue weighted by Crippen LogP contribution is 2.46. The number of alkyl halides is 1. The van der Waals surface area contributed by atoms with Crippen LogP contribution in [-0.4, -0.2) is 90.2 Å². The quantitative estimate of drug-likeness (QED) is 0.215. The van der Waals surface area contributed by atoms with Crippen LogP contribution < -0.4 is 5.32 Å². The molecule has 2 rings (SSSR count). The van der Waals surface area contributed by atoms with Crippen LogP contribution in [-0.2, 0) is 57.2 Å². The first-order chi connectivity index (χ1) is 19.2. The van der Waals surface area contributed by atoms with E-state index < -0.39 is 83.1 Å². The molecule has 1 heterocycles. The van der Waals surface area contributed by atoms with Crippen molar-refractivity contribution in [2.24, 2.45) is 0 Å². The maximum atomic E-state index is 13.2. The molecule has 41 heavy (non-hydrogen) atoms. The molecule has 1 saturated heterocycles. The standard InChI is InChI=1S/C26H32ClNO12S/c1-13(29)28-20-22(21(38-16(4)32)19(37-15(3)31)12-36-14(2)30)40-26(27,25(34)35-6)24(23(20)39-17(5)33)41-18-10-8-7-9-11-18/h7-11,19-24H,12H2,1-6H3,(H,28,29)/t19-,20-,21+,22?,23+,24?,26-/m0/s1. The number of thioether (sulfide) groups is 1. The van der Waals surface area contributed by atoms with Gasteiger partial charge in [0.25, 0.3) is 5.06 Å². The second-order valence-corrected chi connectivity index (χ2v) is 10.7. The minimum atomic E-state index is -2.41. The molecular weight excluding hydrogens is 586 g/mol. The molecule has 13 nitrogen and oxygen atoms in total. The van der Waals surface area contributed by atoms with E-state index in [1.54, 1.807) is 30.3 Å². The van der Waals surface area contributed by atoms with Gasteiger partial charge in [0.05, 0.1) is 13.2 Å². The van der Waals surface area contributed by atoms with Gasteiger partial charge in [0.1, 0.15) is 24.1 Å². The highest BCUT2D eigenvalue weighted by molar-refractivity contribution is 8.00. The Morgan fingerprint density at radius 2 is 1.56 bits per heavy atom. The normalized spacial score (nSPS) is 25.0. The lowest BCUT2D eigenvalue weighted by atomic mass is 9.88. The molecule has 0 aliphatic carbocycles. The molecule has 0 saturated carbocycles. The Labute approximate surface area is 245 Å². The summed E-state index contributed by atoms with van der Waals surface area (Å²) in [6.07, 6.45) is -6.16. The number of benzene rings is 1. The van der Waals surface area contributed by atoms with E-state index in [9.17, 15) is 28.8 Å². The zero-order chi connectivity index (χ0) is 30.9. The largest absolute Gasteiger partial charge is 0.466 e. The van der Waals surface area contributed by atoms with Gasteiger partial charge in [-0.2, -0.15) is 0 Å². The van der Waals surface area contributed by atoms with Crippen LogP contribution >= 0.6 is 23.4 Å². The molecule has 1 aliphatic heterocycles. The van der Waals surface area contributed by atoms with E-state index >= 15 is 0 Å². The minimum Gasteiger partial charge on any atom is -0.466 e. The van der Waals surface area contributed by atoms with Crippen LogP contribution in [0.1, 0.15) is 34.6 Å². The third-order valence-corrected chi connectivity index (χ3v) is 7.59. The number of halogens is 1. The second-order valence-electron chi connectivity index (χ2n) is 8.90. The lowest BCUT2D eigenvalue weighted by molar-refractivity contribution is -0.223.